The van der Waals surface area contributed by atoms with E-state index in [0.717, 1.165) is 33.4 Å². The van der Waals surface area contributed by atoms with Crippen molar-refractivity contribution >= 4 is 22.9 Å². The van der Waals surface area contributed by atoms with Crippen LogP contribution in [0, 0.1) is 0 Å². The molecule has 3 rings (SSSR count). The highest BCUT2D eigenvalue weighted by Crippen LogP contribution is 2.27. The number of fused-ring (bicyclic) bond motifs is 1. The molecule has 28 heavy (non-hydrogen) atoms. The van der Waals surface area contributed by atoms with Gasteiger partial charge in [0.25, 0.3) is 5.91 Å². The number of carbonyl (C=O) groups is 1. The van der Waals surface area contributed by atoms with Crippen molar-refractivity contribution in [1.82, 2.24) is 5.43 Å². The van der Waals surface area contributed by atoms with E-state index in [1.165, 1.54) is 0 Å². The van der Waals surface area contributed by atoms with E-state index >= 15 is 0 Å². The third-order valence-electron chi connectivity index (χ3n) is 4.43. The smallest absolute Gasteiger partial charge is 0.277 e. The highest BCUT2D eigenvalue weighted by atomic mass is 16.5. The lowest BCUT2D eigenvalue weighted by molar-refractivity contribution is -0.123. The largest absolute Gasteiger partial charge is 0.496 e. The second kappa shape index (κ2) is 9.04. The van der Waals surface area contributed by atoms with E-state index in [4.69, 9.17) is 9.47 Å². The van der Waals surface area contributed by atoms with E-state index in [0.29, 0.717) is 5.92 Å². The summed E-state index contributed by atoms with van der Waals surface area (Å²) in [7, 11) is 1.65. The second-order valence-electron chi connectivity index (χ2n) is 6.68. The van der Waals surface area contributed by atoms with Crippen molar-refractivity contribution in [3.63, 3.8) is 0 Å². The topological polar surface area (TPSA) is 59.9 Å². The molecule has 0 aliphatic rings. The lowest BCUT2D eigenvalue weighted by atomic mass is 10.0. The first kappa shape index (κ1) is 19.4. The molecule has 0 bridgehead atoms. The van der Waals surface area contributed by atoms with Gasteiger partial charge in [0.2, 0.25) is 0 Å². The first-order valence-electron chi connectivity index (χ1n) is 9.19. The molecule has 0 aliphatic carbocycles. The Bertz CT molecular complexity index is 996. The Balaban J connectivity index is 1.64. The molecule has 0 spiro atoms. The highest BCUT2D eigenvalue weighted by Gasteiger charge is 2.09. The molecule has 0 fully saturated rings. The molecule has 144 valence electrons. The Morgan fingerprint density at radius 1 is 1.00 bits per heavy atom. The molecular formula is C23H24N2O3. The number of amides is 1. The van der Waals surface area contributed by atoms with Crippen molar-refractivity contribution in [2.75, 3.05) is 13.7 Å². The van der Waals surface area contributed by atoms with Gasteiger partial charge in [-0.05, 0) is 35.1 Å². The Labute approximate surface area is 165 Å². The predicted octanol–water partition coefficient (Wildman–Crippen LogP) is 4.50. The number of hydrogen-bond donors (Lipinski definition) is 1. The van der Waals surface area contributed by atoms with Crippen molar-refractivity contribution in [2.45, 2.75) is 19.8 Å². The molecule has 0 saturated carbocycles. The number of methoxy groups -OCH3 is 1. The van der Waals surface area contributed by atoms with Gasteiger partial charge in [-0.2, -0.15) is 5.10 Å². The average molecular weight is 376 g/mol. The summed E-state index contributed by atoms with van der Waals surface area (Å²) >= 11 is 0. The van der Waals surface area contributed by atoms with Gasteiger partial charge in [-0.25, -0.2) is 5.43 Å². The molecule has 5 nitrogen and oxygen atoms in total. The van der Waals surface area contributed by atoms with Gasteiger partial charge in [-0.3, -0.25) is 4.79 Å². The van der Waals surface area contributed by atoms with Crippen LogP contribution in [0.1, 0.15) is 30.9 Å². The van der Waals surface area contributed by atoms with Crippen LogP contribution in [-0.2, 0) is 4.79 Å². The third-order valence-corrected chi connectivity index (χ3v) is 4.43. The molecule has 0 aliphatic heterocycles. The van der Waals surface area contributed by atoms with Crippen molar-refractivity contribution in [1.29, 1.82) is 0 Å². The zero-order chi connectivity index (χ0) is 19.9. The fourth-order valence-electron chi connectivity index (χ4n) is 3.02. The van der Waals surface area contributed by atoms with E-state index in [-0.39, 0.29) is 12.5 Å². The van der Waals surface area contributed by atoms with E-state index in [1.54, 1.807) is 13.3 Å². The van der Waals surface area contributed by atoms with Crippen LogP contribution in [0.5, 0.6) is 11.5 Å². The number of carbonyl (C=O) groups excluding carboxylic acids is 1. The molecular weight excluding hydrogens is 352 g/mol. The molecule has 3 aromatic carbocycles. The van der Waals surface area contributed by atoms with E-state index in [9.17, 15) is 4.79 Å². The summed E-state index contributed by atoms with van der Waals surface area (Å²) in [6.45, 7) is 4.09. The van der Waals surface area contributed by atoms with E-state index in [1.807, 2.05) is 60.7 Å². The van der Waals surface area contributed by atoms with Crippen LogP contribution in [-0.4, -0.2) is 25.8 Å². The molecule has 0 radical (unpaired) electrons. The summed E-state index contributed by atoms with van der Waals surface area (Å²) in [6, 6.07) is 19.4. The molecule has 3 aromatic rings. The molecule has 5 heteroatoms. The van der Waals surface area contributed by atoms with Crippen molar-refractivity contribution in [2.24, 2.45) is 5.10 Å². The Kier molecular flexibility index (Phi) is 6.27. The zero-order valence-corrected chi connectivity index (χ0v) is 16.3. The number of rotatable bonds is 7. The number of para-hydroxylation sites is 1. The van der Waals surface area contributed by atoms with Gasteiger partial charge >= 0.3 is 0 Å². The summed E-state index contributed by atoms with van der Waals surface area (Å²) in [5.41, 5.74) is 4.48. The summed E-state index contributed by atoms with van der Waals surface area (Å²) in [5.74, 6) is 1.53. The summed E-state index contributed by atoms with van der Waals surface area (Å²) in [5, 5.41) is 6.07. The lowest BCUT2D eigenvalue weighted by Gasteiger charge is -2.13. The van der Waals surface area contributed by atoms with Crippen LogP contribution >= 0.6 is 0 Å². The van der Waals surface area contributed by atoms with Crippen LogP contribution in [0.15, 0.2) is 65.8 Å². The van der Waals surface area contributed by atoms with Crippen LogP contribution in [0.25, 0.3) is 10.8 Å². The van der Waals surface area contributed by atoms with Gasteiger partial charge < -0.3 is 9.47 Å². The van der Waals surface area contributed by atoms with Gasteiger partial charge in [0.05, 0.1) is 13.3 Å². The second-order valence-corrected chi connectivity index (χ2v) is 6.68. The average Bonchev–Trinajstić information content (AvgIpc) is 2.72. The van der Waals surface area contributed by atoms with Crippen molar-refractivity contribution in [3.8, 4) is 11.5 Å². The summed E-state index contributed by atoms with van der Waals surface area (Å²) < 4.78 is 11.1. The number of hydrazone groups is 1. The fraction of sp³-hybridized carbons (Fsp3) is 0.217. The molecule has 0 atom stereocenters. The lowest BCUT2D eigenvalue weighted by Crippen LogP contribution is -2.24. The maximum Gasteiger partial charge on any atom is 0.277 e. The minimum Gasteiger partial charge on any atom is -0.496 e. The molecule has 0 saturated heterocycles. The molecule has 1 N–H and O–H groups in total. The van der Waals surface area contributed by atoms with Crippen LogP contribution in [0.3, 0.4) is 0 Å². The van der Waals surface area contributed by atoms with Gasteiger partial charge in [0.1, 0.15) is 11.5 Å². The summed E-state index contributed by atoms with van der Waals surface area (Å²) in [4.78, 5) is 12.1. The number of nitrogens with zero attached hydrogens (tertiary/aromatic N) is 1. The number of ether oxygens (including phenoxy) is 2. The van der Waals surface area contributed by atoms with Crippen LogP contribution in [0.4, 0.5) is 0 Å². The third kappa shape index (κ3) is 4.49. The first-order chi connectivity index (χ1) is 13.6. The maximum absolute atomic E-state index is 12.1. The van der Waals surface area contributed by atoms with E-state index < -0.39 is 0 Å². The first-order valence-corrected chi connectivity index (χ1v) is 9.19. The monoisotopic (exact) mass is 376 g/mol. The van der Waals surface area contributed by atoms with Crippen molar-refractivity contribution < 1.29 is 14.3 Å². The molecule has 0 unspecified atom stereocenters. The zero-order valence-electron chi connectivity index (χ0n) is 16.3. The maximum atomic E-state index is 12.1. The molecule has 0 aromatic heterocycles. The minimum atomic E-state index is -0.312. The standard InChI is InChI=1S/C23H24N2O3/c1-16(2)18-8-6-7-11-22(18)28-15-23(26)25-24-14-17-12-13-21(27-3)20-10-5-4-9-19(17)20/h4-14,16H,15H2,1-3H3,(H,25,26). The molecule has 0 heterocycles. The Morgan fingerprint density at radius 3 is 2.46 bits per heavy atom. The van der Waals surface area contributed by atoms with Gasteiger partial charge in [-0.1, -0.05) is 56.3 Å². The number of nitrogens with one attached hydrogen (secondary N) is 1. The number of benzene rings is 3. The fourth-order valence-corrected chi connectivity index (χ4v) is 3.02. The van der Waals surface area contributed by atoms with Gasteiger partial charge in [0, 0.05) is 10.9 Å². The van der Waals surface area contributed by atoms with Crippen molar-refractivity contribution in [3.05, 3.63) is 71.8 Å². The predicted molar refractivity (Wildman–Crippen MR) is 112 cm³/mol. The van der Waals surface area contributed by atoms with Crippen LogP contribution in [0.2, 0.25) is 0 Å². The molecule has 1 amide bonds. The number of hydrogen-bond acceptors (Lipinski definition) is 4. The van der Waals surface area contributed by atoms with E-state index in [2.05, 4.69) is 24.4 Å². The minimum absolute atomic E-state index is 0.0928. The van der Waals surface area contributed by atoms with Crippen LogP contribution < -0.4 is 14.9 Å². The Morgan fingerprint density at radius 2 is 1.71 bits per heavy atom. The quantitative estimate of drug-likeness (QED) is 0.488. The van der Waals surface area contributed by atoms with Gasteiger partial charge in [0.15, 0.2) is 6.61 Å². The SMILES string of the molecule is COc1ccc(C=NNC(=O)COc2ccccc2C(C)C)c2ccccc12. The highest BCUT2D eigenvalue weighted by molar-refractivity contribution is 6.02. The summed E-state index contributed by atoms with van der Waals surface area (Å²) in [6.07, 6.45) is 1.63. The van der Waals surface area contributed by atoms with Gasteiger partial charge in [-0.15, -0.1) is 0 Å². The normalized spacial score (nSPS) is 11.1. The Hall–Kier alpha value is -3.34.